The summed E-state index contributed by atoms with van der Waals surface area (Å²) in [5.74, 6) is -1.20. The summed E-state index contributed by atoms with van der Waals surface area (Å²) >= 11 is 0. The van der Waals surface area contributed by atoms with Crippen molar-refractivity contribution in [3.05, 3.63) is 0 Å². The molecular weight excluding hydrogens is 262 g/mol. The van der Waals surface area contributed by atoms with Gasteiger partial charge < -0.3 is 14.7 Å². The van der Waals surface area contributed by atoms with Gasteiger partial charge in [-0.1, -0.05) is 6.42 Å². The highest BCUT2D eigenvalue weighted by Crippen LogP contribution is 2.42. The fourth-order valence-corrected chi connectivity index (χ4v) is 3.46. The second kappa shape index (κ2) is 6.24. The fourth-order valence-electron chi connectivity index (χ4n) is 3.46. The minimum atomic E-state index is -0.927. The summed E-state index contributed by atoms with van der Waals surface area (Å²) < 4.78 is 4.78. The lowest BCUT2D eigenvalue weighted by Gasteiger charge is -2.24. The first kappa shape index (κ1) is 14.8. The third-order valence-corrected chi connectivity index (χ3v) is 4.31. The van der Waals surface area contributed by atoms with Crippen LogP contribution in [0.2, 0.25) is 0 Å². The smallest absolute Gasteiger partial charge is 0.326 e. The molecule has 1 saturated heterocycles. The summed E-state index contributed by atoms with van der Waals surface area (Å²) in [5, 5.41) is 9.36. The highest BCUT2D eigenvalue weighted by molar-refractivity contribution is 5.86. The normalized spacial score (nSPS) is 28.2. The molecule has 3 atom stereocenters. The maximum atomic E-state index is 12.2. The van der Waals surface area contributed by atoms with Gasteiger partial charge >= 0.3 is 11.9 Å². The van der Waals surface area contributed by atoms with Gasteiger partial charge in [-0.3, -0.25) is 9.59 Å². The van der Waals surface area contributed by atoms with E-state index in [1.807, 2.05) is 0 Å². The monoisotopic (exact) mass is 283 g/mol. The molecule has 3 unspecified atom stereocenters. The molecule has 0 spiro atoms. The van der Waals surface area contributed by atoms with Crippen molar-refractivity contribution >= 4 is 17.8 Å². The molecule has 2 aliphatic rings. The first-order chi connectivity index (χ1) is 9.54. The quantitative estimate of drug-likeness (QED) is 0.762. The lowest BCUT2D eigenvalue weighted by atomic mass is 9.94. The van der Waals surface area contributed by atoms with Crippen LogP contribution in [0.25, 0.3) is 0 Å². The molecule has 1 aliphatic heterocycles. The second-order valence-electron chi connectivity index (χ2n) is 5.49. The zero-order chi connectivity index (χ0) is 14.7. The lowest BCUT2D eigenvalue weighted by Crippen LogP contribution is -2.43. The Morgan fingerprint density at radius 1 is 1.25 bits per heavy atom. The van der Waals surface area contributed by atoms with Crippen LogP contribution in [0, 0.1) is 11.8 Å². The molecule has 20 heavy (non-hydrogen) atoms. The van der Waals surface area contributed by atoms with E-state index >= 15 is 0 Å². The summed E-state index contributed by atoms with van der Waals surface area (Å²) in [6.45, 7) is 2.52. The maximum absolute atomic E-state index is 12.2. The zero-order valence-corrected chi connectivity index (χ0v) is 11.7. The van der Waals surface area contributed by atoms with Gasteiger partial charge in [0.25, 0.3) is 0 Å². The van der Waals surface area contributed by atoms with Gasteiger partial charge in [-0.05, 0) is 31.6 Å². The van der Waals surface area contributed by atoms with Gasteiger partial charge in [-0.25, -0.2) is 4.79 Å². The van der Waals surface area contributed by atoms with Gasteiger partial charge in [0, 0.05) is 13.0 Å². The number of aliphatic carboxylic acids is 1. The highest BCUT2D eigenvalue weighted by Gasteiger charge is 2.49. The summed E-state index contributed by atoms with van der Waals surface area (Å²) in [4.78, 5) is 36.3. The van der Waals surface area contributed by atoms with Crippen LogP contribution in [0.4, 0.5) is 0 Å². The third kappa shape index (κ3) is 2.94. The third-order valence-electron chi connectivity index (χ3n) is 4.31. The van der Waals surface area contributed by atoms with E-state index in [9.17, 15) is 19.5 Å². The van der Waals surface area contributed by atoms with E-state index in [1.165, 1.54) is 4.90 Å². The van der Waals surface area contributed by atoms with Crippen molar-refractivity contribution in [1.29, 1.82) is 0 Å². The first-order valence-corrected chi connectivity index (χ1v) is 7.22. The van der Waals surface area contributed by atoms with Crippen LogP contribution in [-0.2, 0) is 19.1 Å². The minimum Gasteiger partial charge on any atom is -0.480 e. The number of hydrogen-bond donors (Lipinski definition) is 1. The molecule has 6 heteroatoms. The van der Waals surface area contributed by atoms with E-state index in [0.29, 0.717) is 19.1 Å². The molecule has 2 rings (SSSR count). The van der Waals surface area contributed by atoms with Crippen LogP contribution in [0.1, 0.15) is 39.0 Å². The van der Waals surface area contributed by atoms with Crippen molar-refractivity contribution in [3.63, 3.8) is 0 Å². The molecule has 1 N–H and O–H groups in total. The Labute approximate surface area is 118 Å². The number of hydrogen-bond acceptors (Lipinski definition) is 4. The molecule has 6 nitrogen and oxygen atoms in total. The molecule has 2 fully saturated rings. The summed E-state index contributed by atoms with van der Waals surface area (Å²) in [6.07, 6.45) is 2.97. The van der Waals surface area contributed by atoms with E-state index in [-0.39, 0.29) is 24.7 Å². The number of nitrogens with zero attached hydrogens (tertiary/aromatic N) is 1. The number of amides is 1. The molecule has 0 aromatic carbocycles. The lowest BCUT2D eigenvalue weighted by molar-refractivity contribution is -0.150. The number of carboxylic acid groups (broad SMARTS) is 1. The molecule has 1 heterocycles. The van der Waals surface area contributed by atoms with Crippen LogP contribution in [0.5, 0.6) is 0 Å². The Bertz CT molecular complexity index is 408. The Hall–Kier alpha value is -1.59. The summed E-state index contributed by atoms with van der Waals surface area (Å²) in [5.41, 5.74) is 0. The van der Waals surface area contributed by atoms with E-state index < -0.39 is 18.0 Å². The Kier molecular flexibility index (Phi) is 4.62. The number of ether oxygens (including phenoxy) is 1. The van der Waals surface area contributed by atoms with Crippen molar-refractivity contribution in [1.82, 2.24) is 4.90 Å². The SMILES string of the molecule is CCOC(=O)CCC(=O)N1CC2CCCC2C1C(=O)O. The largest absolute Gasteiger partial charge is 0.480 e. The molecule has 0 bridgehead atoms. The second-order valence-corrected chi connectivity index (χ2v) is 5.49. The maximum Gasteiger partial charge on any atom is 0.326 e. The average molecular weight is 283 g/mol. The molecule has 1 amide bonds. The van der Waals surface area contributed by atoms with Crippen LogP contribution in [-0.4, -0.2) is 47.0 Å². The molecule has 112 valence electrons. The molecule has 0 aromatic heterocycles. The van der Waals surface area contributed by atoms with Crippen LogP contribution in [0.15, 0.2) is 0 Å². The van der Waals surface area contributed by atoms with Crippen molar-refractivity contribution in [2.24, 2.45) is 11.8 Å². The van der Waals surface area contributed by atoms with Gasteiger partial charge in [0.05, 0.1) is 13.0 Å². The molecule has 1 saturated carbocycles. The number of carbonyl (C=O) groups excluding carboxylic acids is 2. The molecule has 0 radical (unpaired) electrons. The Morgan fingerprint density at radius 3 is 2.65 bits per heavy atom. The Balaban J connectivity index is 1.95. The predicted molar refractivity (Wildman–Crippen MR) is 69.8 cm³/mol. The number of esters is 1. The highest BCUT2D eigenvalue weighted by atomic mass is 16.5. The minimum absolute atomic E-state index is 0.0187. The summed E-state index contributed by atoms with van der Waals surface area (Å²) in [7, 11) is 0. The van der Waals surface area contributed by atoms with Crippen LogP contribution in [0.3, 0.4) is 0 Å². The molecule has 1 aliphatic carbocycles. The van der Waals surface area contributed by atoms with Gasteiger partial charge in [-0.15, -0.1) is 0 Å². The van der Waals surface area contributed by atoms with Crippen molar-refractivity contribution in [3.8, 4) is 0 Å². The van der Waals surface area contributed by atoms with E-state index in [4.69, 9.17) is 4.74 Å². The molecule has 0 aromatic rings. The number of fused-ring (bicyclic) bond motifs is 1. The van der Waals surface area contributed by atoms with E-state index in [2.05, 4.69) is 0 Å². The first-order valence-electron chi connectivity index (χ1n) is 7.22. The predicted octanol–water partition coefficient (Wildman–Crippen LogP) is 1.04. The van der Waals surface area contributed by atoms with Gasteiger partial charge in [-0.2, -0.15) is 0 Å². The van der Waals surface area contributed by atoms with Crippen LogP contribution < -0.4 is 0 Å². The van der Waals surface area contributed by atoms with E-state index in [0.717, 1.165) is 19.3 Å². The van der Waals surface area contributed by atoms with E-state index in [1.54, 1.807) is 6.92 Å². The summed E-state index contributed by atoms with van der Waals surface area (Å²) in [6, 6.07) is -0.711. The Morgan fingerprint density at radius 2 is 2.00 bits per heavy atom. The average Bonchev–Trinajstić information content (AvgIpc) is 2.95. The van der Waals surface area contributed by atoms with Gasteiger partial charge in [0.1, 0.15) is 6.04 Å². The van der Waals surface area contributed by atoms with Crippen molar-refractivity contribution in [2.45, 2.75) is 45.1 Å². The number of rotatable bonds is 5. The number of carboxylic acids is 1. The topological polar surface area (TPSA) is 83.9 Å². The van der Waals surface area contributed by atoms with Crippen molar-refractivity contribution in [2.75, 3.05) is 13.2 Å². The van der Waals surface area contributed by atoms with Gasteiger partial charge in [0.2, 0.25) is 5.91 Å². The fraction of sp³-hybridized carbons (Fsp3) is 0.786. The zero-order valence-electron chi connectivity index (χ0n) is 11.7. The standard InChI is InChI=1S/C14H21NO5/c1-2-20-12(17)7-6-11(16)15-8-9-4-3-5-10(9)13(15)14(18)19/h9-10,13H,2-8H2,1H3,(H,18,19). The van der Waals surface area contributed by atoms with Crippen LogP contribution >= 0.6 is 0 Å². The molecular formula is C14H21NO5. The van der Waals surface area contributed by atoms with Gasteiger partial charge in [0.15, 0.2) is 0 Å². The number of carbonyl (C=O) groups is 3. The van der Waals surface area contributed by atoms with Crippen molar-refractivity contribution < 1.29 is 24.2 Å². The number of likely N-dealkylation sites (tertiary alicyclic amines) is 1.